The van der Waals surface area contributed by atoms with Gasteiger partial charge in [-0.25, -0.2) is 8.78 Å². The molecule has 0 heterocycles. The molecule has 0 spiro atoms. The van der Waals surface area contributed by atoms with Crippen LogP contribution in [0.25, 0.3) is 0 Å². The summed E-state index contributed by atoms with van der Waals surface area (Å²) in [6.07, 6.45) is -4.63. The minimum Gasteiger partial charge on any atom is -0.204 e. The molecule has 0 atom stereocenters. The van der Waals surface area contributed by atoms with E-state index < -0.39 is 23.4 Å². The fraction of sp³-hybridized carbons (Fsp3) is 0.143. The van der Waals surface area contributed by atoms with Crippen LogP contribution in [0.4, 0.5) is 22.0 Å². The van der Waals surface area contributed by atoms with Gasteiger partial charge in [-0.05, 0) is 18.2 Å². The first-order chi connectivity index (χ1) is 5.41. The van der Waals surface area contributed by atoms with Crippen molar-refractivity contribution in [2.45, 2.75) is 6.18 Å². The first-order valence-corrected chi connectivity index (χ1v) is 2.93. The second-order valence-electron chi connectivity index (χ2n) is 2.13. The number of alkyl halides is 3. The van der Waals surface area contributed by atoms with Gasteiger partial charge in [-0.3, -0.25) is 0 Å². The first kappa shape index (κ1) is 12.5. The summed E-state index contributed by atoms with van der Waals surface area (Å²) in [5.74, 6) is -2.78. The van der Waals surface area contributed by atoms with Crippen molar-refractivity contribution < 1.29 is 40.8 Å². The normalized spacial score (nSPS) is 10.8. The van der Waals surface area contributed by atoms with E-state index in [1.165, 1.54) is 0 Å². The van der Waals surface area contributed by atoms with Crippen LogP contribution < -0.4 is 18.9 Å². The summed E-state index contributed by atoms with van der Waals surface area (Å²) in [6.45, 7) is 0. The van der Waals surface area contributed by atoms with E-state index in [4.69, 9.17) is 0 Å². The van der Waals surface area contributed by atoms with Crippen LogP contribution in [-0.2, 0) is 6.18 Å². The molecule has 0 nitrogen and oxygen atoms in total. The molecule has 0 aliphatic rings. The molecule has 13 heavy (non-hydrogen) atoms. The summed E-state index contributed by atoms with van der Waals surface area (Å²) in [5, 5.41) is 0. The number of rotatable bonds is 0. The van der Waals surface area contributed by atoms with Gasteiger partial charge in [-0.1, -0.05) is 0 Å². The Morgan fingerprint density at radius 1 is 0.923 bits per heavy atom. The van der Waals surface area contributed by atoms with Crippen LogP contribution >= 0.6 is 0 Å². The zero-order valence-corrected chi connectivity index (χ0v) is 6.62. The number of hydrogen-bond donors (Lipinski definition) is 0. The van der Waals surface area contributed by atoms with Gasteiger partial charge in [-0.15, -0.1) is 0 Å². The van der Waals surface area contributed by atoms with Gasteiger partial charge >= 0.3 is 25.0 Å². The zero-order chi connectivity index (χ0) is 9.35. The molecule has 0 fully saturated rings. The Morgan fingerprint density at radius 2 is 1.46 bits per heavy atom. The Hall–Kier alpha value is -0.533. The van der Waals surface area contributed by atoms with Gasteiger partial charge in [0, 0.05) is 0 Å². The fourth-order valence-electron chi connectivity index (χ4n) is 0.672. The van der Waals surface area contributed by atoms with Crippen molar-refractivity contribution in [3.8, 4) is 0 Å². The largest absolute Gasteiger partial charge is 1.00 e. The van der Waals surface area contributed by atoms with E-state index in [-0.39, 0.29) is 24.9 Å². The maximum absolute atomic E-state index is 12.2. The molecule has 0 bridgehead atoms. The van der Waals surface area contributed by atoms with Crippen molar-refractivity contribution >= 4 is 0 Å². The molecule has 0 aliphatic heterocycles. The Kier molecular flexibility index (Phi) is 3.95. The van der Waals surface area contributed by atoms with Crippen LogP contribution in [0.15, 0.2) is 18.2 Å². The molecule has 0 saturated heterocycles. The molecule has 0 radical (unpaired) electrons. The van der Waals surface area contributed by atoms with Crippen LogP contribution in [0.1, 0.15) is 5.56 Å². The third-order valence-electron chi connectivity index (χ3n) is 1.25. The van der Waals surface area contributed by atoms with Gasteiger partial charge in [0.25, 0.3) is 0 Å². The Morgan fingerprint density at radius 3 is 1.85 bits per heavy atom. The van der Waals surface area contributed by atoms with Crippen LogP contribution in [-0.4, -0.2) is 0 Å². The topological polar surface area (TPSA) is 0 Å². The smallest absolute Gasteiger partial charge is 0.204 e. The van der Waals surface area contributed by atoms with Gasteiger partial charge in [0.1, 0.15) is 0 Å². The maximum atomic E-state index is 12.2. The summed E-state index contributed by atoms with van der Waals surface area (Å²) in [5.41, 5.74) is -1.19. The van der Waals surface area contributed by atoms with E-state index in [2.05, 4.69) is 0 Å². The molecule has 1 rings (SSSR count). The summed E-state index contributed by atoms with van der Waals surface area (Å²) in [7, 11) is 0. The van der Waals surface area contributed by atoms with E-state index in [0.717, 1.165) is 0 Å². The Bertz CT molecular complexity index is 293. The van der Waals surface area contributed by atoms with Crippen molar-refractivity contribution in [1.29, 1.82) is 0 Å². The van der Waals surface area contributed by atoms with Crippen LogP contribution in [0.3, 0.4) is 0 Å². The van der Waals surface area contributed by atoms with Crippen molar-refractivity contribution in [3.05, 3.63) is 35.4 Å². The molecule has 0 unspecified atom stereocenters. The predicted octanol–water partition coefficient (Wildman–Crippen LogP) is -0.0124. The summed E-state index contributed by atoms with van der Waals surface area (Å²) in [6, 6.07) is 1.05. The molecule has 1 aromatic carbocycles. The SMILES string of the molecule is Fc1ccc(C(F)(F)F)cc1F.[Li+]. The third kappa shape index (κ3) is 3.01. The van der Waals surface area contributed by atoms with Crippen LogP contribution in [0.2, 0.25) is 0 Å². The van der Waals surface area contributed by atoms with E-state index >= 15 is 0 Å². The first-order valence-electron chi connectivity index (χ1n) is 2.93. The summed E-state index contributed by atoms with van der Waals surface area (Å²) < 4.78 is 59.8. The molecular formula is C7H3F5Li+. The number of hydrogen-bond acceptors (Lipinski definition) is 0. The van der Waals surface area contributed by atoms with Gasteiger partial charge in [0.05, 0.1) is 5.56 Å². The monoisotopic (exact) mass is 189 g/mol. The Balaban J connectivity index is 0.00000144. The molecule has 0 aliphatic carbocycles. The van der Waals surface area contributed by atoms with Gasteiger partial charge in [0.15, 0.2) is 11.6 Å². The second-order valence-corrected chi connectivity index (χ2v) is 2.13. The van der Waals surface area contributed by atoms with Crippen molar-refractivity contribution in [1.82, 2.24) is 0 Å². The van der Waals surface area contributed by atoms with Gasteiger partial charge < -0.3 is 0 Å². The molecule has 0 amide bonds. The van der Waals surface area contributed by atoms with Gasteiger partial charge in [-0.2, -0.15) is 13.2 Å². The molecule has 66 valence electrons. The average molecular weight is 189 g/mol. The van der Waals surface area contributed by atoms with E-state index in [1.807, 2.05) is 0 Å². The van der Waals surface area contributed by atoms with Crippen molar-refractivity contribution in [2.75, 3.05) is 0 Å². The Labute approximate surface area is 82.9 Å². The van der Waals surface area contributed by atoms with E-state index in [1.54, 1.807) is 0 Å². The fourth-order valence-corrected chi connectivity index (χ4v) is 0.672. The number of benzene rings is 1. The summed E-state index contributed by atoms with van der Waals surface area (Å²) >= 11 is 0. The van der Waals surface area contributed by atoms with E-state index in [0.29, 0.717) is 12.1 Å². The van der Waals surface area contributed by atoms with Crippen molar-refractivity contribution in [3.63, 3.8) is 0 Å². The van der Waals surface area contributed by atoms with E-state index in [9.17, 15) is 22.0 Å². The average Bonchev–Trinajstić information content (AvgIpc) is 1.92. The molecule has 0 aromatic heterocycles. The maximum Gasteiger partial charge on any atom is 1.00 e. The molecular weight excluding hydrogens is 186 g/mol. The molecule has 6 heteroatoms. The van der Waals surface area contributed by atoms with Crippen LogP contribution in [0.5, 0.6) is 0 Å². The standard InChI is InChI=1S/C7H3F5.Li/c8-5-2-1-4(3-6(5)9)7(10,11)12;/h1-3H;/q;+1. The molecule has 1 aromatic rings. The molecule has 0 N–H and O–H groups in total. The minimum atomic E-state index is -4.63. The van der Waals surface area contributed by atoms with Crippen molar-refractivity contribution in [2.24, 2.45) is 0 Å². The third-order valence-corrected chi connectivity index (χ3v) is 1.25. The number of halogens is 5. The second kappa shape index (κ2) is 4.12. The minimum absolute atomic E-state index is 0. The zero-order valence-electron chi connectivity index (χ0n) is 6.62. The van der Waals surface area contributed by atoms with Gasteiger partial charge in [0.2, 0.25) is 0 Å². The quantitative estimate of drug-likeness (QED) is 0.397. The molecule has 0 saturated carbocycles. The predicted molar refractivity (Wildman–Crippen MR) is 31.4 cm³/mol. The summed E-state index contributed by atoms with van der Waals surface area (Å²) in [4.78, 5) is 0. The van der Waals surface area contributed by atoms with Crippen LogP contribution in [0, 0.1) is 11.6 Å².